The molecule has 0 radical (unpaired) electrons. The van der Waals surface area contributed by atoms with E-state index in [1.807, 2.05) is 0 Å². The Bertz CT molecular complexity index is 505. The maximum absolute atomic E-state index is 13.3. The molecule has 0 unspecified atom stereocenters. The molecule has 1 aromatic heterocycles. The summed E-state index contributed by atoms with van der Waals surface area (Å²) in [6, 6.07) is 7.63. The van der Waals surface area contributed by atoms with E-state index in [9.17, 15) is 9.18 Å². The highest BCUT2D eigenvalue weighted by Gasteiger charge is 2.12. The predicted octanol–water partition coefficient (Wildman–Crippen LogP) is 2.68. The van der Waals surface area contributed by atoms with Crippen molar-refractivity contribution in [2.75, 3.05) is 0 Å². The van der Waals surface area contributed by atoms with Gasteiger partial charge >= 0.3 is 0 Å². The highest BCUT2D eigenvalue weighted by molar-refractivity contribution is 5.92. The number of carbonyl (C=O) groups excluding carboxylic acids is 1. The first-order valence-corrected chi connectivity index (χ1v) is 4.41. The van der Waals surface area contributed by atoms with Gasteiger partial charge in [0, 0.05) is 18.6 Å². The van der Waals surface area contributed by atoms with Crippen LogP contribution in [0.1, 0.15) is 17.5 Å². The molecular weight excluding hydrogens is 197 g/mol. The fraction of sp³-hybridized carbons (Fsp3) is 0.0909. The molecule has 0 amide bonds. The van der Waals surface area contributed by atoms with Gasteiger partial charge in [0.05, 0.1) is 0 Å². The van der Waals surface area contributed by atoms with Gasteiger partial charge in [-0.25, -0.2) is 4.39 Å². The van der Waals surface area contributed by atoms with Crippen LogP contribution in [0.5, 0.6) is 0 Å². The minimum absolute atomic E-state index is 0.133. The fourth-order valence-corrected chi connectivity index (χ4v) is 1.24. The number of carbonyl (C=O) groups is 1. The number of Topliss-reactive ketones (excluding diaryl/α,β-unsaturated/α-hetero) is 1. The van der Waals surface area contributed by atoms with Gasteiger partial charge in [0.1, 0.15) is 11.5 Å². The summed E-state index contributed by atoms with van der Waals surface area (Å²) in [5.74, 6) is -0.487. The second kappa shape index (κ2) is 3.65. The molecule has 2 aromatic rings. The van der Waals surface area contributed by atoms with Gasteiger partial charge in [0.2, 0.25) is 5.76 Å². The Kier molecular flexibility index (Phi) is 2.33. The molecule has 2 rings (SSSR count). The molecule has 0 aliphatic carbocycles. The number of ketones is 1. The first-order chi connectivity index (χ1) is 7.18. The van der Waals surface area contributed by atoms with Gasteiger partial charge in [0.15, 0.2) is 5.78 Å². The Hall–Kier alpha value is -1.97. The molecule has 0 saturated heterocycles. The zero-order valence-corrected chi connectivity index (χ0v) is 8.03. The van der Waals surface area contributed by atoms with Crippen LogP contribution in [0.2, 0.25) is 0 Å². The van der Waals surface area contributed by atoms with Crippen LogP contribution >= 0.6 is 0 Å². The fourth-order valence-electron chi connectivity index (χ4n) is 1.24. The van der Waals surface area contributed by atoms with E-state index < -0.39 is 0 Å². The zero-order valence-electron chi connectivity index (χ0n) is 8.03. The van der Waals surface area contributed by atoms with Crippen molar-refractivity contribution in [3.8, 4) is 11.3 Å². The summed E-state index contributed by atoms with van der Waals surface area (Å²) in [7, 11) is 0. The van der Waals surface area contributed by atoms with Crippen LogP contribution in [0.15, 0.2) is 34.9 Å². The van der Waals surface area contributed by atoms with Crippen LogP contribution in [-0.4, -0.2) is 10.9 Å². The first kappa shape index (κ1) is 9.58. The van der Waals surface area contributed by atoms with Gasteiger partial charge < -0.3 is 4.52 Å². The standard InChI is InChI=1S/C11H8FNO2/c1-7(14)11-6-10(13-15-11)8-4-2-3-5-9(8)12/h2-6H,1H3. The number of rotatable bonds is 2. The van der Waals surface area contributed by atoms with E-state index in [0.29, 0.717) is 11.3 Å². The number of benzene rings is 1. The predicted molar refractivity (Wildman–Crippen MR) is 51.9 cm³/mol. The van der Waals surface area contributed by atoms with Crippen LogP contribution in [0.3, 0.4) is 0 Å². The van der Waals surface area contributed by atoms with E-state index in [-0.39, 0.29) is 17.4 Å². The monoisotopic (exact) mass is 205 g/mol. The molecule has 0 saturated carbocycles. The molecule has 0 fully saturated rings. The van der Waals surface area contributed by atoms with Crippen LogP contribution in [0.25, 0.3) is 11.3 Å². The number of halogens is 1. The Morgan fingerprint density at radius 3 is 2.73 bits per heavy atom. The highest BCUT2D eigenvalue weighted by Crippen LogP contribution is 2.21. The summed E-state index contributed by atoms with van der Waals surface area (Å²) < 4.78 is 18.1. The highest BCUT2D eigenvalue weighted by atomic mass is 19.1. The van der Waals surface area contributed by atoms with Crippen LogP contribution in [-0.2, 0) is 0 Å². The van der Waals surface area contributed by atoms with Gasteiger partial charge in [0.25, 0.3) is 0 Å². The number of hydrogen-bond acceptors (Lipinski definition) is 3. The second-order valence-electron chi connectivity index (χ2n) is 3.11. The molecular formula is C11H8FNO2. The van der Waals surface area contributed by atoms with E-state index in [0.717, 1.165) is 0 Å². The van der Waals surface area contributed by atoms with E-state index >= 15 is 0 Å². The average Bonchev–Trinajstić information content (AvgIpc) is 2.67. The van der Waals surface area contributed by atoms with Crippen molar-refractivity contribution in [1.29, 1.82) is 0 Å². The van der Waals surface area contributed by atoms with Crippen LogP contribution < -0.4 is 0 Å². The van der Waals surface area contributed by atoms with Gasteiger partial charge in [-0.15, -0.1) is 0 Å². The van der Waals surface area contributed by atoms with Crippen molar-refractivity contribution in [1.82, 2.24) is 5.16 Å². The molecule has 4 heteroatoms. The molecule has 0 aliphatic rings. The van der Waals surface area contributed by atoms with Crippen LogP contribution in [0.4, 0.5) is 4.39 Å². The van der Waals surface area contributed by atoms with Crippen LogP contribution in [0, 0.1) is 5.82 Å². The number of hydrogen-bond donors (Lipinski definition) is 0. The van der Waals surface area contributed by atoms with Crippen molar-refractivity contribution in [2.45, 2.75) is 6.92 Å². The Labute approximate surface area is 85.5 Å². The molecule has 1 heterocycles. The lowest BCUT2D eigenvalue weighted by Gasteiger charge is -1.95. The van der Waals surface area contributed by atoms with Crippen molar-refractivity contribution < 1.29 is 13.7 Å². The Morgan fingerprint density at radius 2 is 2.13 bits per heavy atom. The van der Waals surface area contributed by atoms with E-state index in [2.05, 4.69) is 5.16 Å². The summed E-state index contributed by atoms with van der Waals surface area (Å²) in [4.78, 5) is 10.9. The molecule has 0 bridgehead atoms. The van der Waals surface area contributed by atoms with Crippen molar-refractivity contribution in [3.63, 3.8) is 0 Å². The zero-order chi connectivity index (χ0) is 10.8. The van der Waals surface area contributed by atoms with Crippen molar-refractivity contribution in [3.05, 3.63) is 41.9 Å². The maximum Gasteiger partial charge on any atom is 0.202 e. The van der Waals surface area contributed by atoms with E-state index in [4.69, 9.17) is 4.52 Å². The van der Waals surface area contributed by atoms with E-state index in [1.54, 1.807) is 18.2 Å². The molecule has 0 N–H and O–H groups in total. The van der Waals surface area contributed by atoms with Crippen molar-refractivity contribution in [2.24, 2.45) is 0 Å². The minimum atomic E-state index is -0.388. The first-order valence-electron chi connectivity index (χ1n) is 4.41. The Morgan fingerprint density at radius 1 is 1.40 bits per heavy atom. The lowest BCUT2D eigenvalue weighted by atomic mass is 10.1. The van der Waals surface area contributed by atoms with Gasteiger partial charge in [-0.1, -0.05) is 17.3 Å². The molecule has 0 atom stereocenters. The lowest BCUT2D eigenvalue weighted by Crippen LogP contribution is -1.86. The average molecular weight is 205 g/mol. The third-order valence-electron chi connectivity index (χ3n) is 2.01. The number of aromatic nitrogens is 1. The molecule has 3 nitrogen and oxygen atoms in total. The molecule has 15 heavy (non-hydrogen) atoms. The second-order valence-corrected chi connectivity index (χ2v) is 3.11. The van der Waals surface area contributed by atoms with Gasteiger partial charge in [-0.05, 0) is 12.1 Å². The maximum atomic E-state index is 13.3. The smallest absolute Gasteiger partial charge is 0.202 e. The van der Waals surface area contributed by atoms with Gasteiger partial charge in [-0.3, -0.25) is 4.79 Å². The molecule has 1 aromatic carbocycles. The lowest BCUT2D eigenvalue weighted by molar-refractivity contribution is 0.0978. The van der Waals surface area contributed by atoms with E-state index in [1.165, 1.54) is 19.1 Å². The quantitative estimate of drug-likeness (QED) is 0.708. The summed E-state index contributed by atoms with van der Waals surface area (Å²) >= 11 is 0. The summed E-state index contributed by atoms with van der Waals surface area (Å²) in [5.41, 5.74) is 0.659. The summed E-state index contributed by atoms with van der Waals surface area (Å²) in [6.07, 6.45) is 0. The largest absolute Gasteiger partial charge is 0.353 e. The normalized spacial score (nSPS) is 10.3. The molecule has 0 spiro atoms. The Balaban J connectivity index is 2.46. The molecule has 76 valence electrons. The third-order valence-corrected chi connectivity index (χ3v) is 2.01. The minimum Gasteiger partial charge on any atom is -0.353 e. The third kappa shape index (κ3) is 1.79. The topological polar surface area (TPSA) is 43.1 Å². The molecule has 0 aliphatic heterocycles. The number of nitrogens with zero attached hydrogens (tertiary/aromatic N) is 1. The van der Waals surface area contributed by atoms with Crippen molar-refractivity contribution >= 4 is 5.78 Å². The SMILES string of the molecule is CC(=O)c1cc(-c2ccccc2F)no1. The summed E-state index contributed by atoms with van der Waals surface area (Å²) in [6.45, 7) is 1.37. The summed E-state index contributed by atoms with van der Waals surface area (Å²) in [5, 5.41) is 3.63. The van der Waals surface area contributed by atoms with Gasteiger partial charge in [-0.2, -0.15) is 0 Å².